The number of aliphatic hydroxyl groups is 2. The zero-order valence-corrected chi connectivity index (χ0v) is 20.9. The van der Waals surface area contributed by atoms with Crippen LogP contribution in [0.1, 0.15) is 65.2 Å². The van der Waals surface area contributed by atoms with Gasteiger partial charge in [-0.05, 0) is 49.0 Å². The second-order valence-electron chi connectivity index (χ2n) is 12.6. The zero-order valence-electron chi connectivity index (χ0n) is 20.9. The third kappa shape index (κ3) is 2.81. The van der Waals surface area contributed by atoms with Crippen molar-refractivity contribution in [3.05, 3.63) is 24.3 Å². The molecule has 0 aromatic heterocycles. The van der Waals surface area contributed by atoms with Crippen LogP contribution in [0.2, 0.25) is 0 Å². The lowest BCUT2D eigenvalue weighted by Gasteiger charge is -2.73. The van der Waals surface area contributed by atoms with Crippen molar-refractivity contribution in [1.82, 2.24) is 5.32 Å². The van der Waals surface area contributed by atoms with Gasteiger partial charge >= 0.3 is 0 Å². The first-order valence-corrected chi connectivity index (χ1v) is 13.5. The Morgan fingerprint density at radius 2 is 1.94 bits per heavy atom. The Labute approximate surface area is 207 Å². The average molecular weight is 486 g/mol. The van der Waals surface area contributed by atoms with Gasteiger partial charge in [-0.2, -0.15) is 0 Å². The van der Waals surface area contributed by atoms with Crippen LogP contribution in [0.15, 0.2) is 24.3 Å². The predicted molar refractivity (Wildman–Crippen MR) is 128 cm³/mol. The summed E-state index contributed by atoms with van der Waals surface area (Å²) in [6.07, 6.45) is 8.78. The van der Waals surface area contributed by atoms with Gasteiger partial charge in [0.1, 0.15) is 11.5 Å². The van der Waals surface area contributed by atoms with E-state index >= 15 is 0 Å². The number of nitrogens with one attached hydrogen (secondary N) is 1. The van der Waals surface area contributed by atoms with E-state index in [0.29, 0.717) is 18.6 Å². The first-order chi connectivity index (χ1) is 16.6. The van der Waals surface area contributed by atoms with Gasteiger partial charge in [0.15, 0.2) is 5.78 Å². The normalized spacial score (nSPS) is 47.6. The third-order valence-electron chi connectivity index (χ3n) is 10.6. The average Bonchev–Trinajstić information content (AvgIpc) is 3.34. The van der Waals surface area contributed by atoms with Crippen molar-refractivity contribution >= 4 is 11.7 Å². The molecule has 2 saturated heterocycles. The highest BCUT2D eigenvalue weighted by Gasteiger charge is 2.86. The lowest BCUT2D eigenvalue weighted by molar-refractivity contribution is -0.447. The Bertz CT molecular complexity index is 984. The summed E-state index contributed by atoms with van der Waals surface area (Å²) in [5.74, 6) is -2.80. The van der Waals surface area contributed by atoms with Crippen LogP contribution in [0.4, 0.5) is 0 Å². The SMILES string of the molecule is C=C1C(=O)[C@]23[C@H](O)[C@H]1CC[C@H]2[C@]12C=CCC(C)(C)[C@H]1[C@H](O)[C@@]3(OCCC(=O)NC1CCCC1)OC2. The molecule has 7 heteroatoms. The lowest BCUT2D eigenvalue weighted by atomic mass is 9.37. The maximum absolute atomic E-state index is 14.0. The van der Waals surface area contributed by atoms with E-state index in [1.807, 2.05) is 0 Å². The van der Waals surface area contributed by atoms with Gasteiger partial charge in [0, 0.05) is 23.3 Å². The molecule has 0 aromatic rings. The number of amides is 1. The summed E-state index contributed by atoms with van der Waals surface area (Å²) in [5, 5.41) is 26.8. The van der Waals surface area contributed by atoms with Crippen molar-refractivity contribution < 1.29 is 29.3 Å². The Balaban J connectivity index is 1.38. The van der Waals surface area contributed by atoms with E-state index in [-0.39, 0.29) is 53.9 Å². The molecule has 0 radical (unpaired) electrons. The van der Waals surface area contributed by atoms with E-state index in [1.54, 1.807) is 0 Å². The summed E-state index contributed by atoms with van der Waals surface area (Å²) in [6, 6.07) is 0.214. The molecule has 4 bridgehead atoms. The first-order valence-electron chi connectivity index (χ1n) is 13.5. The fourth-order valence-corrected chi connectivity index (χ4v) is 9.29. The standard InChI is InChI=1S/C28H39NO6/c1-16-18-9-10-19-26-13-6-12-25(2,3)21(26)24(33)28(35-15-26,27(19,22(16)31)23(18)32)34-14-11-20(30)29-17-7-4-5-8-17/h6,13,17-19,21,23-24,32-33H,1,4-5,7-12,14-15H2,2-3H3,(H,29,30)/t18-,19-,21+,23+,24-,26+,27-,28+/m0/s1. The van der Waals surface area contributed by atoms with Crippen LogP contribution in [-0.4, -0.2) is 59.2 Å². The largest absolute Gasteiger partial charge is 0.391 e. The Morgan fingerprint density at radius 3 is 2.69 bits per heavy atom. The number of ketones is 1. The summed E-state index contributed by atoms with van der Waals surface area (Å²) < 4.78 is 12.9. The van der Waals surface area contributed by atoms with E-state index in [4.69, 9.17) is 9.47 Å². The third-order valence-corrected chi connectivity index (χ3v) is 10.6. The molecule has 0 unspecified atom stereocenters. The van der Waals surface area contributed by atoms with Crippen LogP contribution >= 0.6 is 0 Å². The molecule has 6 fully saturated rings. The number of aliphatic hydroxyl groups excluding tert-OH is 2. The number of ether oxygens (including phenoxy) is 2. The molecule has 2 heterocycles. The minimum Gasteiger partial charge on any atom is -0.391 e. The van der Waals surface area contributed by atoms with Crippen molar-refractivity contribution in [2.75, 3.05) is 13.2 Å². The van der Waals surface area contributed by atoms with Crippen LogP contribution in [0.3, 0.4) is 0 Å². The smallest absolute Gasteiger partial charge is 0.222 e. The number of rotatable bonds is 5. The van der Waals surface area contributed by atoms with Crippen molar-refractivity contribution in [2.24, 2.45) is 34.0 Å². The van der Waals surface area contributed by atoms with E-state index in [1.165, 1.54) is 0 Å². The highest BCUT2D eigenvalue weighted by Crippen LogP contribution is 2.76. The summed E-state index contributed by atoms with van der Waals surface area (Å²) in [6.45, 7) is 8.71. The van der Waals surface area contributed by atoms with E-state index in [2.05, 4.69) is 37.9 Å². The topological polar surface area (TPSA) is 105 Å². The molecule has 7 rings (SSSR count). The van der Waals surface area contributed by atoms with Crippen molar-refractivity contribution in [2.45, 2.75) is 89.3 Å². The molecule has 7 nitrogen and oxygen atoms in total. The summed E-state index contributed by atoms with van der Waals surface area (Å²) in [7, 11) is 0. The lowest BCUT2D eigenvalue weighted by Crippen LogP contribution is -2.83. The Hall–Kier alpha value is -1.54. The Morgan fingerprint density at radius 1 is 1.20 bits per heavy atom. The van der Waals surface area contributed by atoms with Gasteiger partial charge in [0.05, 0.1) is 25.7 Å². The molecular weight excluding hydrogens is 446 g/mol. The number of fused-ring (bicyclic) bond motifs is 2. The fraction of sp³-hybridized carbons (Fsp3) is 0.786. The molecule has 0 aromatic carbocycles. The first kappa shape index (κ1) is 23.8. The van der Waals surface area contributed by atoms with Crippen molar-refractivity contribution in [3.8, 4) is 0 Å². The monoisotopic (exact) mass is 485 g/mol. The van der Waals surface area contributed by atoms with Crippen LogP contribution in [0.5, 0.6) is 0 Å². The summed E-state index contributed by atoms with van der Waals surface area (Å²) in [5.41, 5.74) is -1.80. The van der Waals surface area contributed by atoms with Gasteiger partial charge in [-0.25, -0.2) is 0 Å². The molecule has 2 aliphatic heterocycles. The quantitative estimate of drug-likeness (QED) is 0.409. The van der Waals surface area contributed by atoms with Crippen molar-refractivity contribution in [1.29, 1.82) is 0 Å². The van der Waals surface area contributed by atoms with Crippen LogP contribution in [-0.2, 0) is 19.1 Å². The molecule has 35 heavy (non-hydrogen) atoms. The van der Waals surface area contributed by atoms with Crippen LogP contribution < -0.4 is 5.32 Å². The molecule has 1 amide bonds. The van der Waals surface area contributed by atoms with Crippen molar-refractivity contribution in [3.63, 3.8) is 0 Å². The minimum absolute atomic E-state index is 0.0111. The van der Waals surface area contributed by atoms with Gasteiger partial charge < -0.3 is 25.0 Å². The molecular formula is C28H39NO6. The summed E-state index contributed by atoms with van der Waals surface area (Å²) in [4.78, 5) is 26.7. The van der Waals surface area contributed by atoms with E-state index < -0.39 is 28.8 Å². The van der Waals surface area contributed by atoms with Gasteiger partial charge in [-0.1, -0.05) is 45.4 Å². The van der Waals surface area contributed by atoms with Gasteiger partial charge in [-0.3, -0.25) is 9.59 Å². The maximum atomic E-state index is 14.0. The molecule has 5 aliphatic carbocycles. The molecule has 2 spiro atoms. The Kier molecular flexibility index (Phi) is 5.27. The number of carbonyl (C=O) groups is 2. The molecule has 192 valence electrons. The highest BCUT2D eigenvalue weighted by molar-refractivity contribution is 6.05. The van der Waals surface area contributed by atoms with Gasteiger partial charge in [-0.15, -0.1) is 0 Å². The second-order valence-corrected chi connectivity index (χ2v) is 12.6. The number of Topliss-reactive ketones (excluding diaryl/α,β-unsaturated/α-hetero) is 1. The molecule has 4 saturated carbocycles. The zero-order chi connectivity index (χ0) is 24.8. The second kappa shape index (κ2) is 7.73. The highest BCUT2D eigenvalue weighted by atomic mass is 16.7. The summed E-state index contributed by atoms with van der Waals surface area (Å²) >= 11 is 0. The predicted octanol–water partition coefficient (Wildman–Crippen LogP) is 2.65. The van der Waals surface area contributed by atoms with Crippen LogP contribution in [0.25, 0.3) is 0 Å². The minimum atomic E-state index is -1.70. The molecule has 8 atom stereocenters. The molecule has 7 aliphatic rings. The molecule has 3 N–H and O–H groups in total. The maximum Gasteiger partial charge on any atom is 0.222 e. The van der Waals surface area contributed by atoms with E-state index in [0.717, 1.165) is 38.5 Å². The number of hydrogen-bond donors (Lipinski definition) is 3. The van der Waals surface area contributed by atoms with Crippen LogP contribution in [0, 0.1) is 34.0 Å². The number of allylic oxidation sites excluding steroid dienone is 1. The van der Waals surface area contributed by atoms with Gasteiger partial charge in [0.2, 0.25) is 11.7 Å². The number of hydrogen-bond acceptors (Lipinski definition) is 6. The van der Waals surface area contributed by atoms with E-state index in [9.17, 15) is 19.8 Å². The van der Waals surface area contributed by atoms with Gasteiger partial charge in [0.25, 0.3) is 0 Å². The fourth-order valence-electron chi connectivity index (χ4n) is 9.29. The number of carbonyl (C=O) groups excluding carboxylic acids is 2.